The van der Waals surface area contributed by atoms with Crippen molar-refractivity contribution in [2.45, 2.75) is 39.9 Å². The van der Waals surface area contributed by atoms with E-state index < -0.39 is 17.2 Å². The minimum Gasteiger partial charge on any atom is -0.349 e. The molecular weight excluding hydrogens is 255 g/mol. The van der Waals surface area contributed by atoms with Crippen molar-refractivity contribution in [2.75, 3.05) is 0 Å². The Labute approximate surface area is 111 Å². The SMILES string of the molecule is CC(NC(=O)C(C)(C)C)c1ccc(C(F)(F)F)cc1. The van der Waals surface area contributed by atoms with Gasteiger partial charge in [0, 0.05) is 5.41 Å². The van der Waals surface area contributed by atoms with Gasteiger partial charge in [-0.2, -0.15) is 13.2 Å². The molecule has 1 amide bonds. The van der Waals surface area contributed by atoms with Gasteiger partial charge in [-0.25, -0.2) is 0 Å². The molecule has 1 atom stereocenters. The summed E-state index contributed by atoms with van der Waals surface area (Å²) >= 11 is 0. The minimum absolute atomic E-state index is 0.139. The molecule has 0 saturated carbocycles. The molecule has 0 saturated heterocycles. The van der Waals surface area contributed by atoms with Crippen molar-refractivity contribution < 1.29 is 18.0 Å². The Morgan fingerprint density at radius 3 is 1.95 bits per heavy atom. The van der Waals surface area contributed by atoms with Crippen LogP contribution in [0.2, 0.25) is 0 Å². The summed E-state index contributed by atoms with van der Waals surface area (Å²) in [6.07, 6.45) is -4.34. The molecule has 106 valence electrons. The summed E-state index contributed by atoms with van der Waals surface area (Å²) in [5.41, 5.74) is -0.573. The molecule has 2 nitrogen and oxygen atoms in total. The Bertz CT molecular complexity index is 443. The van der Waals surface area contributed by atoms with Crippen LogP contribution >= 0.6 is 0 Å². The van der Waals surface area contributed by atoms with Crippen molar-refractivity contribution in [2.24, 2.45) is 5.41 Å². The molecule has 1 rings (SSSR count). The van der Waals surface area contributed by atoms with Crippen molar-refractivity contribution in [1.29, 1.82) is 0 Å². The lowest BCUT2D eigenvalue weighted by Crippen LogP contribution is -2.36. The molecule has 1 aromatic rings. The zero-order chi connectivity index (χ0) is 14.8. The second-order valence-corrected chi connectivity index (χ2v) is 5.56. The van der Waals surface area contributed by atoms with Crippen molar-refractivity contribution in [3.8, 4) is 0 Å². The third-order valence-electron chi connectivity index (χ3n) is 2.77. The van der Waals surface area contributed by atoms with E-state index in [9.17, 15) is 18.0 Å². The Balaban J connectivity index is 2.79. The summed E-state index contributed by atoms with van der Waals surface area (Å²) in [5.74, 6) is -0.139. The Morgan fingerprint density at radius 2 is 1.58 bits per heavy atom. The number of amides is 1. The number of carbonyl (C=O) groups excluding carboxylic acids is 1. The molecule has 0 aliphatic carbocycles. The van der Waals surface area contributed by atoms with Crippen LogP contribution in [0.4, 0.5) is 13.2 Å². The molecule has 0 aliphatic rings. The second kappa shape index (κ2) is 5.23. The predicted molar refractivity (Wildman–Crippen MR) is 67.5 cm³/mol. The van der Waals surface area contributed by atoms with Gasteiger partial charge in [-0.1, -0.05) is 32.9 Å². The fraction of sp³-hybridized carbons (Fsp3) is 0.500. The maximum Gasteiger partial charge on any atom is 0.416 e. The quantitative estimate of drug-likeness (QED) is 0.869. The normalized spacial score (nSPS) is 14.1. The van der Waals surface area contributed by atoms with Gasteiger partial charge in [0.1, 0.15) is 0 Å². The van der Waals surface area contributed by atoms with Gasteiger partial charge in [-0.05, 0) is 24.6 Å². The zero-order valence-corrected chi connectivity index (χ0v) is 11.4. The van der Waals surface area contributed by atoms with E-state index in [1.165, 1.54) is 12.1 Å². The highest BCUT2D eigenvalue weighted by molar-refractivity contribution is 5.81. The molecule has 0 heterocycles. The van der Waals surface area contributed by atoms with Gasteiger partial charge < -0.3 is 5.32 Å². The van der Waals surface area contributed by atoms with Crippen molar-refractivity contribution >= 4 is 5.91 Å². The van der Waals surface area contributed by atoms with Crippen molar-refractivity contribution in [3.05, 3.63) is 35.4 Å². The molecular formula is C14H18F3NO. The van der Waals surface area contributed by atoms with E-state index in [0.717, 1.165) is 12.1 Å². The molecule has 0 bridgehead atoms. The van der Waals surface area contributed by atoms with Crippen LogP contribution in [0.3, 0.4) is 0 Å². The Morgan fingerprint density at radius 1 is 1.11 bits per heavy atom. The number of carbonyl (C=O) groups is 1. The number of hydrogen-bond acceptors (Lipinski definition) is 1. The number of benzene rings is 1. The van der Waals surface area contributed by atoms with E-state index >= 15 is 0 Å². The number of rotatable bonds is 2. The van der Waals surface area contributed by atoms with E-state index in [1.807, 2.05) is 0 Å². The van der Waals surface area contributed by atoms with Crippen LogP contribution < -0.4 is 5.32 Å². The van der Waals surface area contributed by atoms with Crippen LogP contribution in [0.5, 0.6) is 0 Å². The van der Waals surface area contributed by atoms with Crippen LogP contribution in [-0.4, -0.2) is 5.91 Å². The van der Waals surface area contributed by atoms with Crippen LogP contribution in [0.15, 0.2) is 24.3 Å². The number of alkyl halides is 3. The first-order valence-electron chi connectivity index (χ1n) is 6.00. The fourth-order valence-corrected chi connectivity index (χ4v) is 1.46. The van der Waals surface area contributed by atoms with E-state index in [4.69, 9.17) is 0 Å². The maximum absolute atomic E-state index is 12.4. The standard InChI is InChI=1S/C14H18F3NO/c1-9(18-12(19)13(2,3)4)10-5-7-11(8-6-10)14(15,16)17/h5-9H,1-4H3,(H,18,19). The first-order valence-corrected chi connectivity index (χ1v) is 6.00. The average molecular weight is 273 g/mol. The first kappa shape index (κ1) is 15.5. The van der Waals surface area contributed by atoms with Gasteiger partial charge in [0.25, 0.3) is 0 Å². The van der Waals surface area contributed by atoms with Gasteiger partial charge in [-0.15, -0.1) is 0 Å². The van der Waals surface area contributed by atoms with E-state index in [0.29, 0.717) is 5.56 Å². The fourth-order valence-electron chi connectivity index (χ4n) is 1.46. The number of halogens is 3. The minimum atomic E-state index is -4.34. The monoisotopic (exact) mass is 273 g/mol. The third kappa shape index (κ3) is 4.26. The summed E-state index contributed by atoms with van der Waals surface area (Å²) in [7, 11) is 0. The maximum atomic E-state index is 12.4. The molecule has 0 aromatic heterocycles. The molecule has 1 aromatic carbocycles. The number of hydrogen-bond donors (Lipinski definition) is 1. The van der Waals surface area contributed by atoms with Crippen molar-refractivity contribution in [1.82, 2.24) is 5.32 Å². The molecule has 1 N–H and O–H groups in total. The zero-order valence-electron chi connectivity index (χ0n) is 11.4. The summed E-state index contributed by atoms with van der Waals surface area (Å²) in [6.45, 7) is 7.08. The number of nitrogens with one attached hydrogen (secondary N) is 1. The lowest BCUT2D eigenvalue weighted by atomic mass is 9.94. The average Bonchev–Trinajstić information content (AvgIpc) is 2.26. The highest BCUT2D eigenvalue weighted by Gasteiger charge is 2.30. The smallest absolute Gasteiger partial charge is 0.349 e. The topological polar surface area (TPSA) is 29.1 Å². The molecule has 1 unspecified atom stereocenters. The summed E-state index contributed by atoms with van der Waals surface area (Å²) in [5, 5.41) is 2.77. The molecule has 19 heavy (non-hydrogen) atoms. The summed E-state index contributed by atoms with van der Waals surface area (Å²) < 4.78 is 37.3. The lowest BCUT2D eigenvalue weighted by molar-refractivity contribution is -0.137. The predicted octanol–water partition coefficient (Wildman–Crippen LogP) is 3.93. The molecule has 5 heteroatoms. The Kier molecular flexibility index (Phi) is 4.28. The highest BCUT2D eigenvalue weighted by atomic mass is 19.4. The summed E-state index contributed by atoms with van der Waals surface area (Å²) in [6, 6.07) is 4.49. The molecule has 0 aliphatic heterocycles. The van der Waals surface area contributed by atoms with Crippen molar-refractivity contribution in [3.63, 3.8) is 0 Å². The van der Waals surface area contributed by atoms with E-state index in [-0.39, 0.29) is 11.9 Å². The molecule has 0 fully saturated rings. The van der Waals surface area contributed by atoms with Gasteiger partial charge in [-0.3, -0.25) is 4.79 Å². The van der Waals surface area contributed by atoms with Gasteiger partial charge >= 0.3 is 6.18 Å². The second-order valence-electron chi connectivity index (χ2n) is 5.56. The van der Waals surface area contributed by atoms with Crippen LogP contribution in [0, 0.1) is 5.41 Å². The van der Waals surface area contributed by atoms with Gasteiger partial charge in [0.2, 0.25) is 5.91 Å². The highest BCUT2D eigenvalue weighted by Crippen LogP contribution is 2.30. The Hall–Kier alpha value is -1.52. The van der Waals surface area contributed by atoms with Gasteiger partial charge in [0.05, 0.1) is 11.6 Å². The van der Waals surface area contributed by atoms with Crippen LogP contribution in [0.25, 0.3) is 0 Å². The lowest BCUT2D eigenvalue weighted by Gasteiger charge is -2.22. The summed E-state index contributed by atoms with van der Waals surface area (Å²) in [4.78, 5) is 11.8. The largest absolute Gasteiger partial charge is 0.416 e. The molecule has 0 spiro atoms. The van der Waals surface area contributed by atoms with Gasteiger partial charge in [0.15, 0.2) is 0 Å². The first-order chi connectivity index (χ1) is 8.51. The third-order valence-corrected chi connectivity index (χ3v) is 2.77. The van der Waals surface area contributed by atoms with E-state index in [2.05, 4.69) is 5.32 Å². The molecule has 0 radical (unpaired) electrons. The van der Waals surface area contributed by atoms with Crippen LogP contribution in [-0.2, 0) is 11.0 Å². The van der Waals surface area contributed by atoms with Crippen LogP contribution in [0.1, 0.15) is 44.9 Å². The van der Waals surface area contributed by atoms with E-state index in [1.54, 1.807) is 27.7 Å².